The smallest absolute Gasteiger partial charge is 0.220 e. The molecule has 1 aliphatic heterocycles. The van der Waals surface area contributed by atoms with Gasteiger partial charge >= 0.3 is 0 Å². The third-order valence-corrected chi connectivity index (χ3v) is 11.1. The van der Waals surface area contributed by atoms with Crippen LogP contribution in [0.2, 0.25) is 0 Å². The van der Waals surface area contributed by atoms with Crippen LogP contribution in [0.5, 0.6) is 0 Å². The molecule has 1 saturated heterocycles. The van der Waals surface area contributed by atoms with Crippen LogP contribution >= 0.6 is 0 Å². The Kier molecular flexibility index (Phi) is 34.2. The Morgan fingerprint density at radius 3 is 1.50 bits per heavy atom. The van der Waals surface area contributed by atoms with Gasteiger partial charge in [-0.15, -0.1) is 0 Å². The monoisotopic (exact) mass is 770 g/mol. The minimum Gasteiger partial charge on any atom is -0.394 e. The maximum absolute atomic E-state index is 13.0. The molecule has 0 aromatic rings. The Hall–Kier alpha value is -1.07. The van der Waals surface area contributed by atoms with Gasteiger partial charge in [-0.25, -0.2) is 0 Å². The second-order valence-electron chi connectivity index (χ2n) is 16.2. The quantitative estimate of drug-likeness (QED) is 0.0269. The molecule has 6 N–H and O–H groups in total. The maximum Gasteiger partial charge on any atom is 0.220 e. The van der Waals surface area contributed by atoms with E-state index < -0.39 is 49.5 Å². The van der Waals surface area contributed by atoms with Crippen LogP contribution in [-0.4, -0.2) is 87.5 Å². The highest BCUT2D eigenvalue weighted by molar-refractivity contribution is 5.76. The highest BCUT2D eigenvalue weighted by Crippen LogP contribution is 2.23. The standard InChI is InChI=1S/C45H87NO8/c1-3-5-7-9-11-13-15-17-19-21-22-24-26-28-30-32-34-39(48)38(37-53-45-44(52)43(51)42(50)40(36-47)54-45)46-41(49)35-33-31-29-27-25-23-20-18-16-14-12-10-8-6-4-2/h18,20,38-40,42-45,47-48,50-52H,3-17,19,21-37H2,1-2H3,(H,46,49)/b20-18-. The Morgan fingerprint density at radius 1 is 0.611 bits per heavy atom. The van der Waals surface area contributed by atoms with Gasteiger partial charge in [-0.2, -0.15) is 0 Å². The summed E-state index contributed by atoms with van der Waals surface area (Å²) in [5, 5.41) is 54.3. The molecule has 0 radical (unpaired) electrons. The van der Waals surface area contributed by atoms with Gasteiger partial charge in [0.05, 0.1) is 25.4 Å². The van der Waals surface area contributed by atoms with Gasteiger partial charge in [0, 0.05) is 6.42 Å². The molecule has 1 heterocycles. The van der Waals surface area contributed by atoms with Crippen molar-refractivity contribution in [3.05, 3.63) is 12.2 Å². The fraction of sp³-hybridized carbons (Fsp3) is 0.933. The SMILES string of the molecule is CCCCCCCC/C=C\CCCCCCCC(=O)NC(COC1OC(CO)C(O)C(O)C1O)C(O)CCCCCCCCCCCCCCCCCC. The van der Waals surface area contributed by atoms with E-state index in [9.17, 15) is 30.3 Å². The zero-order valence-corrected chi connectivity index (χ0v) is 35.0. The van der Waals surface area contributed by atoms with E-state index in [0.29, 0.717) is 12.8 Å². The Morgan fingerprint density at radius 2 is 1.04 bits per heavy atom. The summed E-state index contributed by atoms with van der Waals surface area (Å²) >= 11 is 0. The van der Waals surface area contributed by atoms with Gasteiger partial charge in [0.2, 0.25) is 5.91 Å². The normalized spacial score (nSPS) is 21.5. The van der Waals surface area contributed by atoms with E-state index in [-0.39, 0.29) is 12.5 Å². The van der Waals surface area contributed by atoms with Crippen LogP contribution in [0.1, 0.15) is 213 Å². The van der Waals surface area contributed by atoms with Crippen LogP contribution < -0.4 is 5.32 Å². The molecule has 54 heavy (non-hydrogen) atoms. The number of hydrogen-bond donors (Lipinski definition) is 6. The van der Waals surface area contributed by atoms with E-state index in [0.717, 1.165) is 51.4 Å². The molecule has 7 unspecified atom stereocenters. The molecular formula is C45H87NO8. The van der Waals surface area contributed by atoms with Crippen molar-refractivity contribution < 1.29 is 39.8 Å². The number of aliphatic hydroxyl groups is 5. The van der Waals surface area contributed by atoms with Crippen LogP contribution in [-0.2, 0) is 14.3 Å². The number of ether oxygens (including phenoxy) is 2. The van der Waals surface area contributed by atoms with Gasteiger partial charge in [0.25, 0.3) is 0 Å². The first-order valence-electron chi connectivity index (χ1n) is 22.9. The van der Waals surface area contributed by atoms with Crippen molar-refractivity contribution in [1.82, 2.24) is 5.32 Å². The first-order chi connectivity index (χ1) is 26.3. The fourth-order valence-electron chi connectivity index (χ4n) is 7.39. The minimum absolute atomic E-state index is 0.138. The van der Waals surface area contributed by atoms with E-state index in [1.807, 2.05) is 0 Å². The molecule has 0 aromatic carbocycles. The Balaban J connectivity index is 2.34. The number of rotatable bonds is 38. The molecule has 320 valence electrons. The number of amides is 1. The zero-order valence-electron chi connectivity index (χ0n) is 35.0. The number of carbonyl (C=O) groups excluding carboxylic acids is 1. The molecule has 1 fully saturated rings. The summed E-state index contributed by atoms with van der Waals surface area (Å²) in [6, 6.07) is -0.718. The van der Waals surface area contributed by atoms with Gasteiger partial charge in [-0.3, -0.25) is 4.79 Å². The van der Waals surface area contributed by atoms with Crippen molar-refractivity contribution in [2.24, 2.45) is 0 Å². The van der Waals surface area contributed by atoms with E-state index in [2.05, 4.69) is 31.3 Å². The van der Waals surface area contributed by atoms with Crippen molar-refractivity contribution in [2.45, 2.75) is 256 Å². The van der Waals surface area contributed by atoms with E-state index in [4.69, 9.17) is 9.47 Å². The van der Waals surface area contributed by atoms with Crippen LogP contribution in [0.25, 0.3) is 0 Å². The summed E-state index contributed by atoms with van der Waals surface area (Å²) < 4.78 is 11.2. The van der Waals surface area contributed by atoms with Crippen LogP contribution in [0, 0.1) is 0 Å². The molecule has 9 heteroatoms. The van der Waals surface area contributed by atoms with Crippen LogP contribution in [0.4, 0.5) is 0 Å². The fourth-order valence-corrected chi connectivity index (χ4v) is 7.39. The predicted molar refractivity (Wildman–Crippen MR) is 221 cm³/mol. The zero-order chi connectivity index (χ0) is 39.5. The molecular weight excluding hydrogens is 682 g/mol. The third-order valence-electron chi connectivity index (χ3n) is 11.1. The molecule has 0 aliphatic carbocycles. The maximum atomic E-state index is 13.0. The second-order valence-corrected chi connectivity index (χ2v) is 16.2. The van der Waals surface area contributed by atoms with E-state index in [1.54, 1.807) is 0 Å². The number of allylic oxidation sites excluding steroid dienone is 2. The second kappa shape index (κ2) is 36.3. The number of unbranched alkanes of at least 4 members (excludes halogenated alkanes) is 26. The van der Waals surface area contributed by atoms with Gasteiger partial charge in [0.15, 0.2) is 6.29 Å². The van der Waals surface area contributed by atoms with E-state index in [1.165, 1.54) is 135 Å². The van der Waals surface area contributed by atoms with Gasteiger partial charge in [-0.05, 0) is 38.5 Å². The Bertz CT molecular complexity index is 858. The average Bonchev–Trinajstić information content (AvgIpc) is 3.17. The lowest BCUT2D eigenvalue weighted by molar-refractivity contribution is -0.302. The molecule has 1 aliphatic rings. The summed E-state index contributed by atoms with van der Waals surface area (Å²) in [5.41, 5.74) is 0. The average molecular weight is 770 g/mol. The summed E-state index contributed by atoms with van der Waals surface area (Å²) in [6.45, 7) is 3.83. The first kappa shape index (κ1) is 50.9. The summed E-state index contributed by atoms with van der Waals surface area (Å²) in [4.78, 5) is 13.0. The van der Waals surface area contributed by atoms with Crippen molar-refractivity contribution in [3.63, 3.8) is 0 Å². The van der Waals surface area contributed by atoms with Gasteiger partial charge < -0.3 is 40.3 Å². The van der Waals surface area contributed by atoms with Crippen molar-refractivity contribution in [1.29, 1.82) is 0 Å². The minimum atomic E-state index is -1.55. The molecule has 1 amide bonds. The molecule has 0 bridgehead atoms. The van der Waals surface area contributed by atoms with Gasteiger partial charge in [0.1, 0.15) is 24.4 Å². The number of hydrogen-bond acceptors (Lipinski definition) is 8. The lowest BCUT2D eigenvalue weighted by atomic mass is 9.99. The molecule has 0 spiro atoms. The lowest BCUT2D eigenvalue weighted by Crippen LogP contribution is -2.60. The third kappa shape index (κ3) is 26.7. The van der Waals surface area contributed by atoms with E-state index >= 15 is 0 Å². The summed E-state index contributed by atoms with van der Waals surface area (Å²) in [6.07, 6.45) is 33.5. The summed E-state index contributed by atoms with van der Waals surface area (Å²) in [7, 11) is 0. The highest BCUT2D eigenvalue weighted by Gasteiger charge is 2.44. The predicted octanol–water partition coefficient (Wildman–Crippen LogP) is 9.34. The van der Waals surface area contributed by atoms with Crippen molar-refractivity contribution in [3.8, 4) is 0 Å². The first-order valence-corrected chi connectivity index (χ1v) is 22.9. The molecule has 1 rings (SSSR count). The van der Waals surface area contributed by atoms with Gasteiger partial charge in [-0.1, -0.05) is 180 Å². The van der Waals surface area contributed by atoms with Crippen LogP contribution in [0.15, 0.2) is 12.2 Å². The largest absolute Gasteiger partial charge is 0.394 e. The van der Waals surface area contributed by atoms with Crippen molar-refractivity contribution in [2.75, 3.05) is 13.2 Å². The highest BCUT2D eigenvalue weighted by atomic mass is 16.7. The molecule has 7 atom stereocenters. The number of nitrogens with one attached hydrogen (secondary N) is 1. The number of aliphatic hydroxyl groups excluding tert-OH is 5. The van der Waals surface area contributed by atoms with Crippen LogP contribution in [0.3, 0.4) is 0 Å². The molecule has 0 aromatic heterocycles. The lowest BCUT2D eigenvalue weighted by Gasteiger charge is -2.40. The summed E-state index contributed by atoms with van der Waals surface area (Å²) in [5.74, 6) is -0.152. The number of carbonyl (C=O) groups is 1. The van der Waals surface area contributed by atoms with Crippen molar-refractivity contribution >= 4 is 5.91 Å². The Labute approximate surface area is 331 Å². The topological polar surface area (TPSA) is 149 Å². The molecule has 9 nitrogen and oxygen atoms in total. The molecule has 0 saturated carbocycles.